The largest absolute Gasteiger partial charge is 0.444 e. The van der Waals surface area contributed by atoms with Gasteiger partial charge in [-0.3, -0.25) is 29.1 Å². The fourth-order valence-electron chi connectivity index (χ4n) is 7.52. The van der Waals surface area contributed by atoms with Gasteiger partial charge in [0.2, 0.25) is 23.6 Å². The van der Waals surface area contributed by atoms with Crippen molar-refractivity contribution in [1.29, 1.82) is 0 Å². The second kappa shape index (κ2) is 22.3. The van der Waals surface area contributed by atoms with E-state index in [2.05, 4.69) is 30.9 Å². The number of likely N-dealkylation sites (N-methyl/N-ethyl adjacent to an activating group) is 1. The predicted octanol–water partition coefficient (Wildman–Crippen LogP) is 4.56. The van der Waals surface area contributed by atoms with E-state index in [4.69, 9.17) is 4.74 Å². The van der Waals surface area contributed by atoms with Crippen LogP contribution in [0.1, 0.15) is 97.5 Å². The molecule has 0 saturated carbocycles. The number of carbonyl (C=O) groups is 5. The van der Waals surface area contributed by atoms with Crippen molar-refractivity contribution in [3.8, 4) is 0 Å². The maximum Gasteiger partial charge on any atom is 0.410 e. The van der Waals surface area contributed by atoms with Gasteiger partial charge in [-0.2, -0.15) is 0 Å². The van der Waals surface area contributed by atoms with Crippen molar-refractivity contribution >= 4 is 29.7 Å². The summed E-state index contributed by atoms with van der Waals surface area (Å²) in [5.74, 6) is -2.26. The van der Waals surface area contributed by atoms with Crippen LogP contribution in [0.5, 0.6) is 0 Å². The van der Waals surface area contributed by atoms with Gasteiger partial charge >= 0.3 is 6.09 Å². The number of hydrogen-bond donors (Lipinski definition) is 5. The minimum Gasteiger partial charge on any atom is -0.444 e. The van der Waals surface area contributed by atoms with E-state index >= 15 is 0 Å². The molecular weight excluding hydrogens is 765 g/mol. The van der Waals surface area contributed by atoms with Crippen LogP contribution >= 0.6 is 0 Å². The topological polar surface area (TPSA) is 199 Å². The molecule has 1 saturated heterocycles. The number of carbonyl (C=O) groups excluding carboxylic acids is 5. The molecule has 0 spiro atoms. The van der Waals surface area contributed by atoms with E-state index in [1.54, 1.807) is 39.2 Å². The molecule has 15 heteroatoms. The van der Waals surface area contributed by atoms with E-state index in [1.165, 1.54) is 23.2 Å². The van der Waals surface area contributed by atoms with Crippen LogP contribution in [0, 0.1) is 17.8 Å². The number of hydrogen-bond acceptors (Lipinski definition) is 9. The van der Waals surface area contributed by atoms with E-state index < -0.39 is 65.6 Å². The lowest BCUT2D eigenvalue weighted by atomic mass is 9.83. The van der Waals surface area contributed by atoms with Gasteiger partial charge in [-0.1, -0.05) is 70.5 Å². The smallest absolute Gasteiger partial charge is 0.410 e. The fraction of sp³-hybridized carbons (Fsp3) is 0.578. The quantitative estimate of drug-likeness (QED) is 0.108. The molecule has 5 N–H and O–H groups in total. The minimum absolute atomic E-state index is 0.0606. The van der Waals surface area contributed by atoms with E-state index in [9.17, 15) is 29.1 Å². The average Bonchev–Trinajstić information content (AvgIpc) is 3.93. The molecule has 1 aliphatic heterocycles. The van der Waals surface area contributed by atoms with Crippen molar-refractivity contribution in [2.45, 2.75) is 136 Å². The molecule has 3 aromatic rings. The zero-order valence-corrected chi connectivity index (χ0v) is 36.5. The molecule has 60 heavy (non-hydrogen) atoms. The highest BCUT2D eigenvalue weighted by Crippen LogP contribution is 2.25. The van der Waals surface area contributed by atoms with Gasteiger partial charge < -0.3 is 35.7 Å². The first-order valence-corrected chi connectivity index (χ1v) is 21.2. The van der Waals surface area contributed by atoms with Crippen LogP contribution in [0.15, 0.2) is 67.3 Å². The average molecular weight is 831 g/mol. The number of H-pyrrole nitrogens is 1. The first-order chi connectivity index (χ1) is 28.5. The maximum atomic E-state index is 14.7. The number of aliphatic hydroxyl groups is 1. The molecule has 1 fully saturated rings. The zero-order chi connectivity index (χ0) is 44.0. The predicted molar refractivity (Wildman–Crippen MR) is 228 cm³/mol. The normalized spacial score (nSPS) is 17.2. The number of rotatable bonds is 20. The summed E-state index contributed by atoms with van der Waals surface area (Å²) in [6.07, 6.45) is 5.45. The zero-order valence-electron chi connectivity index (χ0n) is 36.5. The molecular formula is C45H66N8O7. The van der Waals surface area contributed by atoms with Gasteiger partial charge in [-0.15, -0.1) is 0 Å². The summed E-state index contributed by atoms with van der Waals surface area (Å²) in [6.45, 7) is 13.8. The molecule has 2 unspecified atom stereocenters. The Hall–Kier alpha value is -5.31. The molecule has 328 valence electrons. The number of ether oxygens (including phenoxy) is 1. The van der Waals surface area contributed by atoms with Gasteiger partial charge in [0.05, 0.1) is 30.7 Å². The summed E-state index contributed by atoms with van der Waals surface area (Å²) in [4.78, 5) is 84.0. The second-order valence-electron chi connectivity index (χ2n) is 17.4. The number of pyridine rings is 1. The lowest BCUT2D eigenvalue weighted by Gasteiger charge is -2.35. The van der Waals surface area contributed by atoms with Crippen LogP contribution in [0.2, 0.25) is 0 Å². The lowest BCUT2D eigenvalue weighted by molar-refractivity contribution is -0.142. The molecule has 1 aromatic carbocycles. The van der Waals surface area contributed by atoms with Gasteiger partial charge in [0, 0.05) is 50.4 Å². The number of amides is 5. The molecule has 0 aliphatic carbocycles. The number of benzene rings is 1. The van der Waals surface area contributed by atoms with E-state index in [1.807, 2.05) is 70.2 Å². The van der Waals surface area contributed by atoms with Crippen LogP contribution in [0.3, 0.4) is 0 Å². The Balaban J connectivity index is 1.58. The Labute approximate surface area is 354 Å². The van der Waals surface area contributed by atoms with E-state index in [0.717, 1.165) is 5.56 Å². The third-order valence-corrected chi connectivity index (χ3v) is 11.0. The highest BCUT2D eigenvalue weighted by atomic mass is 16.6. The Morgan fingerprint density at radius 3 is 2.32 bits per heavy atom. The highest BCUT2D eigenvalue weighted by molar-refractivity contribution is 5.94. The summed E-state index contributed by atoms with van der Waals surface area (Å²) in [5.41, 5.74) is 1.34. The highest BCUT2D eigenvalue weighted by Gasteiger charge is 2.40. The molecule has 0 bridgehead atoms. The maximum absolute atomic E-state index is 14.7. The van der Waals surface area contributed by atoms with Gasteiger partial charge in [0.1, 0.15) is 23.7 Å². The summed E-state index contributed by atoms with van der Waals surface area (Å²) >= 11 is 0. The third kappa shape index (κ3) is 14.2. The minimum atomic E-state index is -1.10. The summed E-state index contributed by atoms with van der Waals surface area (Å²) in [7, 11) is 1.52. The van der Waals surface area contributed by atoms with Crippen molar-refractivity contribution in [3.63, 3.8) is 0 Å². The van der Waals surface area contributed by atoms with Crippen LogP contribution in [-0.4, -0.2) is 109 Å². The van der Waals surface area contributed by atoms with E-state index in [-0.39, 0.29) is 43.6 Å². The summed E-state index contributed by atoms with van der Waals surface area (Å²) < 4.78 is 5.59. The van der Waals surface area contributed by atoms with Crippen LogP contribution in [-0.2, 0) is 43.3 Å². The molecule has 5 amide bonds. The van der Waals surface area contributed by atoms with Gasteiger partial charge in [0.15, 0.2) is 0 Å². The number of aliphatic hydroxyl groups excluding tert-OH is 1. The van der Waals surface area contributed by atoms with E-state index in [0.29, 0.717) is 43.6 Å². The van der Waals surface area contributed by atoms with Gasteiger partial charge in [0.25, 0.3) is 0 Å². The lowest BCUT2D eigenvalue weighted by Crippen LogP contribution is -2.59. The molecule has 1 aliphatic rings. The molecule has 3 heterocycles. The number of nitrogens with one attached hydrogen (secondary N) is 4. The molecule has 2 aromatic heterocycles. The van der Waals surface area contributed by atoms with Crippen molar-refractivity contribution in [1.82, 2.24) is 40.7 Å². The number of aromatic amines is 1. The number of likely N-dealkylation sites (tertiary alicyclic amines) is 1. The third-order valence-electron chi connectivity index (χ3n) is 11.0. The molecule has 4 rings (SSSR count). The number of imidazole rings is 1. The monoisotopic (exact) mass is 831 g/mol. The SMILES string of the molecule is CCC(C)[C@H](CC(O)[C@H](CC(C)C)NC(=O)[C@H](Cc1cnc[nH]1)N(C)C(=O)[C@H](Cc1ccccc1)NC(=O)[C@@H]1CCCN1C(=O)OC(C)(C)C)C(=O)NCc1ccccn1. The standard InChI is InChI=1S/C45H66N8O7/c1-9-30(4)34(40(55)48-27-32-18-13-14-20-47-32)25-39(54)35(22-29(2)3)50-42(57)38(24-33-26-46-28-49-33)52(8)43(58)36(23-31-16-11-10-12-17-31)51-41(56)37-19-15-21-53(37)44(59)60-45(5,6)7/h10-14,16-18,20,26,28-30,34-39,54H,9,15,19,21-25,27H2,1-8H3,(H,46,49)(H,48,55)(H,50,57)(H,51,56)/t30?,34-,35-,36-,37-,38-,39?/m0/s1. The molecule has 0 radical (unpaired) electrons. The summed E-state index contributed by atoms with van der Waals surface area (Å²) in [6, 6.07) is 11.0. The van der Waals surface area contributed by atoms with Crippen molar-refractivity contribution < 1.29 is 33.8 Å². The van der Waals surface area contributed by atoms with Crippen LogP contribution in [0.25, 0.3) is 0 Å². The fourth-order valence-corrected chi connectivity index (χ4v) is 7.52. The first kappa shape index (κ1) is 47.4. The Bertz CT molecular complexity index is 1820. The first-order valence-electron chi connectivity index (χ1n) is 21.2. The molecule has 15 nitrogen and oxygen atoms in total. The number of aromatic nitrogens is 3. The second-order valence-corrected chi connectivity index (χ2v) is 17.4. The van der Waals surface area contributed by atoms with Crippen LogP contribution in [0.4, 0.5) is 4.79 Å². The summed E-state index contributed by atoms with van der Waals surface area (Å²) in [5, 5.41) is 20.8. The Morgan fingerprint density at radius 1 is 0.983 bits per heavy atom. The van der Waals surface area contributed by atoms with Gasteiger partial charge in [-0.05, 0) is 76.0 Å². The molecule has 7 atom stereocenters. The van der Waals surface area contributed by atoms with Crippen molar-refractivity contribution in [3.05, 3.63) is 84.2 Å². The Kier molecular flexibility index (Phi) is 17.6. The van der Waals surface area contributed by atoms with Crippen molar-refractivity contribution in [2.24, 2.45) is 17.8 Å². The van der Waals surface area contributed by atoms with Crippen molar-refractivity contribution in [2.75, 3.05) is 13.6 Å². The van der Waals surface area contributed by atoms with Crippen LogP contribution < -0.4 is 16.0 Å². The van der Waals surface area contributed by atoms with Gasteiger partial charge in [-0.25, -0.2) is 9.78 Å². The Morgan fingerprint density at radius 2 is 1.70 bits per heavy atom. The number of nitrogens with zero attached hydrogens (tertiary/aromatic N) is 4.